The third-order valence-electron chi connectivity index (χ3n) is 7.21. The Morgan fingerprint density at radius 2 is 1.74 bits per heavy atom. The molecule has 3 aromatic rings. The van der Waals surface area contributed by atoms with Gasteiger partial charge in [-0.15, -0.1) is 0 Å². The van der Waals surface area contributed by atoms with E-state index in [1.54, 1.807) is 75.4 Å². The number of hydrogen-bond donors (Lipinski definition) is 4. The zero-order valence-electron chi connectivity index (χ0n) is 28.2. The predicted molar refractivity (Wildman–Crippen MR) is 184 cm³/mol. The summed E-state index contributed by atoms with van der Waals surface area (Å²) < 4.78 is 32.9. The molecule has 2 amide bonds. The highest BCUT2D eigenvalue weighted by Crippen LogP contribution is 2.37. The summed E-state index contributed by atoms with van der Waals surface area (Å²) in [5, 5.41) is 20.2. The lowest BCUT2D eigenvalue weighted by Gasteiger charge is -2.28. The van der Waals surface area contributed by atoms with E-state index < -0.39 is 30.2 Å². The molecular formula is C35H39ClN4O10. The van der Waals surface area contributed by atoms with Crippen molar-refractivity contribution in [2.75, 3.05) is 34.0 Å². The van der Waals surface area contributed by atoms with Gasteiger partial charge in [0.1, 0.15) is 13.2 Å². The van der Waals surface area contributed by atoms with E-state index in [2.05, 4.69) is 21.2 Å². The topological polar surface area (TPSA) is 175 Å². The highest BCUT2D eigenvalue weighted by Gasteiger charge is 2.32. The summed E-state index contributed by atoms with van der Waals surface area (Å²) in [6.45, 7) is 5.73. The molecule has 1 heterocycles. The minimum atomic E-state index is -1.21. The fraction of sp³-hybridized carbons (Fsp3) is 0.314. The van der Waals surface area contributed by atoms with Crippen LogP contribution in [0.1, 0.15) is 53.9 Å². The average molecular weight is 711 g/mol. The van der Waals surface area contributed by atoms with E-state index in [0.717, 1.165) is 5.56 Å². The summed E-state index contributed by atoms with van der Waals surface area (Å²) in [6, 6.07) is 13.8. The normalized spacial score (nSPS) is 14.7. The van der Waals surface area contributed by atoms with Gasteiger partial charge < -0.3 is 44.2 Å². The van der Waals surface area contributed by atoms with Crippen LogP contribution in [-0.2, 0) is 20.9 Å². The zero-order valence-corrected chi connectivity index (χ0v) is 29.0. The number of allylic oxidation sites excluding steroid dienone is 1. The molecule has 0 aromatic heterocycles. The number of carbonyl (C=O) groups is 3. The largest absolute Gasteiger partial charge is 0.493 e. The Kier molecular flexibility index (Phi) is 13.3. The summed E-state index contributed by atoms with van der Waals surface area (Å²) >= 11 is 6.51. The molecule has 3 aromatic carbocycles. The maximum Gasteiger partial charge on any atom is 0.338 e. The van der Waals surface area contributed by atoms with Crippen LogP contribution in [0.15, 0.2) is 71.0 Å². The van der Waals surface area contributed by atoms with Crippen LogP contribution in [0.25, 0.3) is 0 Å². The number of methoxy groups -OCH3 is 2. The third-order valence-corrected chi connectivity index (χ3v) is 7.49. The number of hydrazone groups is 1. The predicted octanol–water partition coefficient (Wildman–Crippen LogP) is 4.62. The molecule has 0 fully saturated rings. The Hall–Kier alpha value is -5.47. The first kappa shape index (κ1) is 37.4. The number of hydrogen-bond acceptors (Lipinski definition) is 12. The molecule has 2 atom stereocenters. The summed E-state index contributed by atoms with van der Waals surface area (Å²) in [5.74, 6) is 0.374. The van der Waals surface area contributed by atoms with Crippen molar-refractivity contribution in [2.24, 2.45) is 5.10 Å². The van der Waals surface area contributed by atoms with Crippen molar-refractivity contribution in [1.29, 1.82) is 0 Å². The van der Waals surface area contributed by atoms with Crippen molar-refractivity contribution < 1.29 is 47.9 Å². The number of aliphatic hydroxyl groups excluding tert-OH is 1. The molecule has 0 unspecified atom stereocenters. The van der Waals surface area contributed by atoms with Crippen molar-refractivity contribution in [3.8, 4) is 23.0 Å². The smallest absolute Gasteiger partial charge is 0.338 e. The number of aliphatic hydroxyl groups is 1. The number of rotatable bonds is 16. The van der Waals surface area contributed by atoms with Crippen LogP contribution in [0.5, 0.6) is 23.0 Å². The Balaban J connectivity index is 1.36. The molecule has 1 aliphatic rings. The molecule has 0 radical (unpaired) electrons. The summed E-state index contributed by atoms with van der Waals surface area (Å²) in [7, 11) is 2.74. The van der Waals surface area contributed by atoms with Crippen LogP contribution in [0.3, 0.4) is 0 Å². The van der Waals surface area contributed by atoms with Gasteiger partial charge in [0.2, 0.25) is 0 Å². The van der Waals surface area contributed by atoms with Gasteiger partial charge in [0.15, 0.2) is 29.2 Å². The van der Waals surface area contributed by atoms with Gasteiger partial charge in [0.25, 0.3) is 0 Å². The van der Waals surface area contributed by atoms with E-state index in [0.29, 0.717) is 58.6 Å². The van der Waals surface area contributed by atoms with Crippen LogP contribution in [0, 0.1) is 0 Å². The molecule has 0 bridgehead atoms. The molecule has 0 aliphatic carbocycles. The second-order valence-electron chi connectivity index (χ2n) is 10.7. The number of ether oxygens (including phenoxy) is 6. The van der Waals surface area contributed by atoms with Crippen molar-refractivity contribution >= 4 is 35.8 Å². The molecular weight excluding hydrogens is 672 g/mol. The number of urea groups is 1. The Labute approximate surface area is 294 Å². The molecule has 0 spiro atoms. The van der Waals surface area contributed by atoms with Gasteiger partial charge in [-0.3, -0.25) is 5.43 Å². The van der Waals surface area contributed by atoms with Crippen LogP contribution < -0.4 is 35.0 Å². The second kappa shape index (κ2) is 17.8. The fourth-order valence-electron chi connectivity index (χ4n) is 4.88. The SMILES string of the molecule is CCOC(=O)c1ccc(COc2c(Cl)cc(/C=N/N[C@H](O)COc3ccc([C@@H]4NC(=O)NC(C)=C4C(=O)OC)cc3OCC)cc2OC)cc1. The van der Waals surface area contributed by atoms with Crippen molar-refractivity contribution in [3.05, 3.63) is 93.1 Å². The molecule has 4 rings (SSSR count). The first-order valence-electron chi connectivity index (χ1n) is 15.6. The quantitative estimate of drug-likeness (QED) is 0.0706. The highest BCUT2D eigenvalue weighted by molar-refractivity contribution is 6.32. The first-order valence-corrected chi connectivity index (χ1v) is 15.9. The molecule has 15 heteroatoms. The molecule has 0 saturated heterocycles. The average Bonchev–Trinajstić information content (AvgIpc) is 3.10. The van der Waals surface area contributed by atoms with Crippen molar-refractivity contribution in [3.63, 3.8) is 0 Å². The van der Waals surface area contributed by atoms with Gasteiger partial charge in [-0.2, -0.15) is 5.10 Å². The van der Waals surface area contributed by atoms with Crippen molar-refractivity contribution in [1.82, 2.24) is 16.1 Å². The van der Waals surface area contributed by atoms with E-state index in [1.807, 2.05) is 0 Å². The maximum absolute atomic E-state index is 12.5. The first-order chi connectivity index (χ1) is 24.1. The van der Waals surface area contributed by atoms with Crippen LogP contribution in [-0.4, -0.2) is 69.6 Å². The molecule has 14 nitrogen and oxygen atoms in total. The van der Waals surface area contributed by atoms with E-state index in [9.17, 15) is 19.5 Å². The zero-order chi connectivity index (χ0) is 36.2. The minimum Gasteiger partial charge on any atom is -0.493 e. The Morgan fingerprint density at radius 1 is 0.980 bits per heavy atom. The molecule has 50 heavy (non-hydrogen) atoms. The van der Waals surface area contributed by atoms with E-state index >= 15 is 0 Å². The fourth-order valence-corrected chi connectivity index (χ4v) is 5.16. The molecule has 4 N–H and O–H groups in total. The number of nitrogens with zero attached hydrogens (tertiary/aromatic N) is 1. The lowest BCUT2D eigenvalue weighted by molar-refractivity contribution is -0.136. The Bertz CT molecular complexity index is 1750. The van der Waals surface area contributed by atoms with Gasteiger partial charge in [0, 0.05) is 5.70 Å². The summed E-state index contributed by atoms with van der Waals surface area (Å²) in [4.78, 5) is 36.5. The summed E-state index contributed by atoms with van der Waals surface area (Å²) in [5.41, 5.74) is 5.59. The van der Waals surface area contributed by atoms with Crippen LogP contribution >= 0.6 is 11.6 Å². The van der Waals surface area contributed by atoms with Crippen molar-refractivity contribution in [2.45, 2.75) is 39.6 Å². The second-order valence-corrected chi connectivity index (χ2v) is 11.1. The third kappa shape index (κ3) is 9.57. The highest BCUT2D eigenvalue weighted by atomic mass is 35.5. The van der Waals surface area contributed by atoms with Gasteiger partial charge in [0.05, 0.1) is 55.8 Å². The van der Waals surface area contributed by atoms with E-state index in [-0.39, 0.29) is 23.8 Å². The summed E-state index contributed by atoms with van der Waals surface area (Å²) in [6.07, 6.45) is 0.230. The Morgan fingerprint density at radius 3 is 2.42 bits per heavy atom. The van der Waals surface area contributed by atoms with Gasteiger partial charge in [-0.25, -0.2) is 14.4 Å². The number of carbonyl (C=O) groups excluding carboxylic acids is 3. The van der Waals surface area contributed by atoms with E-state index in [4.69, 9.17) is 40.0 Å². The number of esters is 2. The standard InChI is InChI=1S/C35H39ClN4O10/c1-6-47-27-16-24(31-30(34(43)46-5)20(3)38-35(44)39-31)12-13-26(27)49-19-29(41)40-37-17-22-14-25(36)32(28(15-22)45-4)50-18-21-8-10-23(11-9-21)33(42)48-7-2/h8-17,29,31,40-41H,6-7,18-19H2,1-5H3,(H2,38,39,44)/b37-17+/t29-,31+/m1/s1. The lowest BCUT2D eigenvalue weighted by Crippen LogP contribution is -2.45. The van der Waals surface area contributed by atoms with Crippen LogP contribution in [0.2, 0.25) is 5.02 Å². The maximum atomic E-state index is 12.5. The minimum absolute atomic E-state index is 0.175. The number of halogens is 1. The number of benzene rings is 3. The van der Waals surface area contributed by atoms with Gasteiger partial charge >= 0.3 is 18.0 Å². The van der Waals surface area contributed by atoms with Gasteiger partial charge in [-0.05, 0) is 73.9 Å². The monoisotopic (exact) mass is 710 g/mol. The molecule has 1 aliphatic heterocycles. The number of amides is 2. The lowest BCUT2D eigenvalue weighted by atomic mass is 9.95. The van der Waals surface area contributed by atoms with E-state index in [1.165, 1.54) is 20.4 Å². The molecule has 0 saturated carbocycles. The van der Waals surface area contributed by atoms with Gasteiger partial charge in [-0.1, -0.05) is 29.8 Å². The van der Waals surface area contributed by atoms with Crippen LogP contribution in [0.4, 0.5) is 4.79 Å². The molecule has 266 valence electrons. The number of nitrogens with one attached hydrogen (secondary N) is 3.